The molecule has 2 amide bonds. The maximum Gasteiger partial charge on any atom is 0.253 e. The highest BCUT2D eigenvalue weighted by atomic mass is 19.1. The van der Waals surface area contributed by atoms with Gasteiger partial charge in [-0.15, -0.1) is 0 Å². The molecule has 2 aromatic rings. The van der Waals surface area contributed by atoms with Crippen molar-refractivity contribution in [3.63, 3.8) is 0 Å². The first kappa shape index (κ1) is 18.6. The summed E-state index contributed by atoms with van der Waals surface area (Å²) in [5.41, 5.74) is 1.47. The molecule has 0 unspecified atom stereocenters. The van der Waals surface area contributed by atoms with Gasteiger partial charge in [0.2, 0.25) is 0 Å². The number of likely N-dealkylation sites (tertiary alicyclic amines) is 1. The van der Waals surface area contributed by atoms with Crippen molar-refractivity contribution in [1.29, 1.82) is 0 Å². The van der Waals surface area contributed by atoms with E-state index in [1.807, 2.05) is 11.8 Å². The fraction of sp³-hybridized carbons (Fsp3) is 0.381. The third-order valence-electron chi connectivity index (χ3n) is 5.47. The number of aryl methyl sites for hydroxylation is 1. The lowest BCUT2D eigenvalue weighted by Crippen LogP contribution is -2.59. The third-order valence-corrected chi connectivity index (χ3v) is 5.47. The Kier molecular flexibility index (Phi) is 4.85. The van der Waals surface area contributed by atoms with Crippen LogP contribution in [0, 0.1) is 12.7 Å². The number of pyridine rings is 1. The lowest BCUT2D eigenvalue weighted by molar-refractivity contribution is -0.143. The molecule has 2 aliphatic heterocycles. The van der Waals surface area contributed by atoms with Crippen molar-refractivity contribution in [1.82, 2.24) is 9.88 Å². The van der Waals surface area contributed by atoms with Gasteiger partial charge in [0.15, 0.2) is 0 Å². The molecule has 1 aromatic carbocycles. The highest BCUT2D eigenvalue weighted by Crippen LogP contribution is 2.33. The molecular formula is C21H22FN3O3. The van der Waals surface area contributed by atoms with E-state index in [1.165, 1.54) is 12.1 Å². The Morgan fingerprint density at radius 2 is 2.00 bits per heavy atom. The fourth-order valence-electron chi connectivity index (χ4n) is 3.87. The highest BCUT2D eigenvalue weighted by Gasteiger charge is 2.43. The molecular weight excluding hydrogens is 361 g/mol. The molecule has 6 nitrogen and oxygen atoms in total. The van der Waals surface area contributed by atoms with Crippen molar-refractivity contribution < 1.29 is 18.7 Å². The summed E-state index contributed by atoms with van der Waals surface area (Å²) in [6.45, 7) is 3.28. The number of morpholine rings is 1. The lowest BCUT2D eigenvalue weighted by atomic mass is 9.88. The molecule has 3 heterocycles. The second-order valence-electron chi connectivity index (χ2n) is 7.41. The van der Waals surface area contributed by atoms with Crippen molar-refractivity contribution in [3.8, 4) is 0 Å². The summed E-state index contributed by atoms with van der Waals surface area (Å²) in [5, 5.41) is 0. The zero-order valence-electron chi connectivity index (χ0n) is 15.7. The molecule has 1 spiro atoms. The van der Waals surface area contributed by atoms with Crippen LogP contribution in [0.15, 0.2) is 42.6 Å². The molecule has 7 heteroatoms. The molecule has 146 valence electrons. The molecule has 0 N–H and O–H groups in total. The van der Waals surface area contributed by atoms with Crippen molar-refractivity contribution in [2.75, 3.05) is 31.1 Å². The second kappa shape index (κ2) is 7.31. The van der Waals surface area contributed by atoms with Crippen LogP contribution in [-0.4, -0.2) is 53.5 Å². The van der Waals surface area contributed by atoms with Gasteiger partial charge in [0.1, 0.15) is 12.4 Å². The first-order chi connectivity index (χ1) is 13.5. The van der Waals surface area contributed by atoms with E-state index >= 15 is 0 Å². The number of aromatic nitrogens is 1. The molecule has 2 aliphatic rings. The molecule has 0 radical (unpaired) electrons. The Morgan fingerprint density at radius 3 is 2.71 bits per heavy atom. The molecule has 2 saturated heterocycles. The molecule has 0 atom stereocenters. The van der Waals surface area contributed by atoms with E-state index in [-0.39, 0.29) is 24.2 Å². The predicted molar refractivity (Wildman–Crippen MR) is 102 cm³/mol. The van der Waals surface area contributed by atoms with E-state index in [9.17, 15) is 14.0 Å². The maximum absolute atomic E-state index is 13.6. The average molecular weight is 383 g/mol. The van der Waals surface area contributed by atoms with Crippen LogP contribution in [0.2, 0.25) is 0 Å². The zero-order valence-corrected chi connectivity index (χ0v) is 15.7. The number of rotatable bonds is 2. The Balaban J connectivity index is 1.46. The van der Waals surface area contributed by atoms with Gasteiger partial charge in [0, 0.05) is 36.2 Å². The first-order valence-electron chi connectivity index (χ1n) is 9.38. The van der Waals surface area contributed by atoms with Gasteiger partial charge in [0.25, 0.3) is 11.8 Å². The summed E-state index contributed by atoms with van der Waals surface area (Å²) in [6, 6.07) is 9.55. The average Bonchev–Trinajstić information content (AvgIpc) is 2.70. The number of halogens is 1. The number of hydrogen-bond acceptors (Lipinski definition) is 4. The summed E-state index contributed by atoms with van der Waals surface area (Å²) in [4.78, 5) is 32.6. The number of amides is 2. The highest BCUT2D eigenvalue weighted by molar-refractivity contribution is 5.95. The minimum absolute atomic E-state index is 0.0192. The van der Waals surface area contributed by atoms with Crippen molar-refractivity contribution in [3.05, 3.63) is 59.7 Å². The smallest absolute Gasteiger partial charge is 0.253 e. The van der Waals surface area contributed by atoms with Crippen LogP contribution >= 0.6 is 0 Å². The molecule has 1 aromatic heterocycles. The fourth-order valence-corrected chi connectivity index (χ4v) is 3.87. The Bertz CT molecular complexity index is 909. The lowest BCUT2D eigenvalue weighted by Gasteiger charge is -2.47. The van der Waals surface area contributed by atoms with Gasteiger partial charge in [-0.05, 0) is 50.1 Å². The van der Waals surface area contributed by atoms with Crippen LogP contribution in [-0.2, 0) is 9.53 Å². The van der Waals surface area contributed by atoms with Crippen molar-refractivity contribution >= 4 is 17.5 Å². The van der Waals surface area contributed by atoms with Gasteiger partial charge in [-0.3, -0.25) is 14.6 Å². The molecule has 0 saturated carbocycles. The van der Waals surface area contributed by atoms with Crippen molar-refractivity contribution in [2.24, 2.45) is 0 Å². The van der Waals surface area contributed by atoms with Crippen LogP contribution in [0.25, 0.3) is 0 Å². The van der Waals surface area contributed by atoms with Crippen LogP contribution in [0.5, 0.6) is 0 Å². The largest absolute Gasteiger partial charge is 0.363 e. The monoisotopic (exact) mass is 383 g/mol. The predicted octanol–water partition coefficient (Wildman–Crippen LogP) is 2.57. The number of piperidine rings is 1. The summed E-state index contributed by atoms with van der Waals surface area (Å²) >= 11 is 0. The summed E-state index contributed by atoms with van der Waals surface area (Å²) < 4.78 is 19.5. The van der Waals surface area contributed by atoms with Gasteiger partial charge < -0.3 is 14.5 Å². The van der Waals surface area contributed by atoms with Gasteiger partial charge in [0.05, 0.1) is 12.1 Å². The van der Waals surface area contributed by atoms with Crippen LogP contribution < -0.4 is 4.90 Å². The molecule has 0 bridgehead atoms. The topological polar surface area (TPSA) is 62.7 Å². The molecule has 2 fully saturated rings. The van der Waals surface area contributed by atoms with Gasteiger partial charge in [-0.2, -0.15) is 0 Å². The third kappa shape index (κ3) is 3.62. The Labute approximate surface area is 162 Å². The van der Waals surface area contributed by atoms with Crippen LogP contribution in [0.1, 0.15) is 28.9 Å². The van der Waals surface area contributed by atoms with Gasteiger partial charge >= 0.3 is 0 Å². The molecule has 28 heavy (non-hydrogen) atoms. The number of nitrogens with zero attached hydrogens (tertiary/aromatic N) is 3. The Hall–Kier alpha value is -2.80. The van der Waals surface area contributed by atoms with E-state index in [4.69, 9.17) is 4.74 Å². The van der Waals surface area contributed by atoms with E-state index in [0.717, 1.165) is 5.69 Å². The quantitative estimate of drug-likeness (QED) is 0.800. The number of carbonyl (C=O) groups excluding carboxylic acids is 2. The standard InChI is InChI=1S/C21H22FN3O3/c1-15-11-16(5-8-23-15)20(27)24-9-6-21(7-10-24)14-25(19(26)13-28-21)18-4-2-3-17(22)12-18/h2-5,8,11-12H,6-7,9-10,13-14H2,1H3. The molecule has 0 aliphatic carbocycles. The summed E-state index contributed by atoms with van der Waals surface area (Å²) in [7, 11) is 0. The summed E-state index contributed by atoms with van der Waals surface area (Å²) in [6.07, 6.45) is 2.89. The zero-order chi connectivity index (χ0) is 19.7. The van der Waals surface area contributed by atoms with Gasteiger partial charge in [-0.25, -0.2) is 4.39 Å². The number of carbonyl (C=O) groups is 2. The number of anilines is 1. The Morgan fingerprint density at radius 1 is 1.21 bits per heavy atom. The number of ether oxygens (including phenoxy) is 1. The number of hydrogen-bond donors (Lipinski definition) is 0. The minimum atomic E-state index is -0.509. The second-order valence-corrected chi connectivity index (χ2v) is 7.41. The first-order valence-corrected chi connectivity index (χ1v) is 9.38. The molecule has 4 rings (SSSR count). The van der Waals surface area contributed by atoms with Crippen LogP contribution in [0.4, 0.5) is 10.1 Å². The summed E-state index contributed by atoms with van der Waals surface area (Å²) in [5.74, 6) is -0.574. The van der Waals surface area contributed by atoms with Gasteiger partial charge in [-0.1, -0.05) is 6.07 Å². The minimum Gasteiger partial charge on any atom is -0.363 e. The number of benzene rings is 1. The maximum atomic E-state index is 13.6. The van der Waals surface area contributed by atoms with E-state index in [0.29, 0.717) is 43.7 Å². The SMILES string of the molecule is Cc1cc(C(=O)N2CCC3(CC2)CN(c2cccc(F)c2)C(=O)CO3)ccn1. The van der Waals surface area contributed by atoms with E-state index in [2.05, 4.69) is 4.98 Å². The van der Waals surface area contributed by atoms with E-state index < -0.39 is 5.60 Å². The van der Waals surface area contributed by atoms with Crippen molar-refractivity contribution in [2.45, 2.75) is 25.4 Å². The van der Waals surface area contributed by atoms with Crippen LogP contribution in [0.3, 0.4) is 0 Å². The normalized spacial score (nSPS) is 19.1. The van der Waals surface area contributed by atoms with E-state index in [1.54, 1.807) is 35.4 Å².